The number of aryl methyl sites for hydroxylation is 1. The fourth-order valence-electron chi connectivity index (χ4n) is 3.50. The fourth-order valence-corrected chi connectivity index (χ4v) is 3.50. The molecule has 8 nitrogen and oxygen atoms in total. The Balaban J connectivity index is 1.93. The van der Waals surface area contributed by atoms with Crippen molar-refractivity contribution in [1.29, 1.82) is 0 Å². The van der Waals surface area contributed by atoms with Crippen LogP contribution >= 0.6 is 0 Å². The first-order valence-corrected chi connectivity index (χ1v) is 10.1. The highest BCUT2D eigenvalue weighted by Gasteiger charge is 2.27. The van der Waals surface area contributed by atoms with Crippen LogP contribution < -0.4 is 10.6 Å². The highest BCUT2D eigenvalue weighted by atomic mass is 19.1. The first-order chi connectivity index (χ1) is 14.6. The molecule has 2 rings (SSSR count). The molecule has 2 unspecified atom stereocenters. The first-order valence-electron chi connectivity index (χ1n) is 10.1. The van der Waals surface area contributed by atoms with Gasteiger partial charge in [0.1, 0.15) is 12.1 Å². The van der Waals surface area contributed by atoms with Crippen LogP contribution in [0.4, 0.5) is 4.39 Å². The van der Waals surface area contributed by atoms with E-state index < -0.39 is 30.3 Å². The van der Waals surface area contributed by atoms with Gasteiger partial charge in [0.25, 0.3) is 0 Å². The summed E-state index contributed by atoms with van der Waals surface area (Å²) in [6.45, 7) is 3.86. The van der Waals surface area contributed by atoms with E-state index in [1.165, 1.54) is 12.1 Å². The Morgan fingerprint density at radius 1 is 1.23 bits per heavy atom. The van der Waals surface area contributed by atoms with Crippen LogP contribution in [0.25, 0.3) is 10.9 Å². The Morgan fingerprint density at radius 2 is 1.94 bits per heavy atom. The number of nitrogens with one attached hydrogen (secondary N) is 2. The number of benzene rings is 1. The lowest BCUT2D eigenvalue weighted by Gasteiger charge is -2.21. The third kappa shape index (κ3) is 6.63. The number of amides is 2. The number of aromatic nitrogens is 1. The Labute approximate surface area is 179 Å². The van der Waals surface area contributed by atoms with Gasteiger partial charge in [-0.25, -0.2) is 4.39 Å². The van der Waals surface area contributed by atoms with E-state index in [1.54, 1.807) is 19.9 Å². The molecule has 9 heteroatoms. The summed E-state index contributed by atoms with van der Waals surface area (Å²) < 4.78 is 15.5. The van der Waals surface area contributed by atoms with Crippen LogP contribution in [0.5, 0.6) is 0 Å². The largest absolute Gasteiger partial charge is 0.481 e. The van der Waals surface area contributed by atoms with Crippen LogP contribution in [-0.4, -0.2) is 46.3 Å². The van der Waals surface area contributed by atoms with Gasteiger partial charge in [-0.05, 0) is 36.1 Å². The molecule has 2 atom stereocenters. The van der Waals surface area contributed by atoms with Crippen molar-refractivity contribution in [1.82, 2.24) is 15.2 Å². The van der Waals surface area contributed by atoms with Crippen molar-refractivity contribution < 1.29 is 28.7 Å². The normalized spacial score (nSPS) is 13.1. The van der Waals surface area contributed by atoms with Crippen molar-refractivity contribution in [3.05, 3.63) is 35.8 Å². The molecule has 0 saturated heterocycles. The van der Waals surface area contributed by atoms with Gasteiger partial charge < -0.3 is 25.1 Å². The zero-order chi connectivity index (χ0) is 23.1. The minimum absolute atomic E-state index is 0.0910. The van der Waals surface area contributed by atoms with Crippen molar-refractivity contribution in [2.75, 3.05) is 6.54 Å². The zero-order valence-electron chi connectivity index (χ0n) is 17.9. The monoisotopic (exact) mass is 433 g/mol. The number of rotatable bonds is 11. The molecule has 1 aromatic heterocycles. The lowest BCUT2D eigenvalue weighted by Crippen LogP contribution is -2.44. The molecule has 3 N–H and O–H groups in total. The zero-order valence-corrected chi connectivity index (χ0v) is 17.9. The molecule has 0 fully saturated rings. The molecule has 2 aromatic rings. The van der Waals surface area contributed by atoms with Gasteiger partial charge in [0.15, 0.2) is 0 Å². The first kappa shape index (κ1) is 24.0. The second-order valence-corrected chi connectivity index (χ2v) is 7.93. The van der Waals surface area contributed by atoms with Crippen molar-refractivity contribution in [2.45, 2.75) is 39.2 Å². The van der Waals surface area contributed by atoms with Crippen molar-refractivity contribution in [3.8, 4) is 0 Å². The fraction of sp³-hybridized carbons (Fsp3) is 0.455. The van der Waals surface area contributed by atoms with E-state index in [1.807, 2.05) is 17.8 Å². The summed E-state index contributed by atoms with van der Waals surface area (Å²) in [5.74, 6) is -3.29. The minimum Gasteiger partial charge on any atom is -0.481 e. The molecule has 0 aliphatic heterocycles. The van der Waals surface area contributed by atoms with Gasteiger partial charge in [-0.3, -0.25) is 14.4 Å². The summed E-state index contributed by atoms with van der Waals surface area (Å²) in [5.41, 5.74) is 1.79. The number of carbonyl (C=O) groups excluding carboxylic acids is 3. The van der Waals surface area contributed by atoms with Crippen molar-refractivity contribution in [3.63, 3.8) is 0 Å². The van der Waals surface area contributed by atoms with Crippen LogP contribution in [0.3, 0.4) is 0 Å². The summed E-state index contributed by atoms with van der Waals surface area (Å²) in [5, 5.41) is 14.7. The Hall–Kier alpha value is -3.23. The van der Waals surface area contributed by atoms with E-state index in [0.717, 1.165) is 16.5 Å². The van der Waals surface area contributed by atoms with E-state index in [4.69, 9.17) is 5.11 Å². The van der Waals surface area contributed by atoms with Crippen LogP contribution in [0, 0.1) is 17.7 Å². The van der Waals surface area contributed by atoms with E-state index >= 15 is 0 Å². The molecule has 2 amide bonds. The third-order valence-electron chi connectivity index (χ3n) is 5.18. The van der Waals surface area contributed by atoms with Gasteiger partial charge in [-0.2, -0.15) is 0 Å². The number of fused-ring (bicyclic) bond motifs is 1. The molecule has 0 saturated carbocycles. The Bertz CT molecular complexity index is 969. The van der Waals surface area contributed by atoms with Crippen LogP contribution in [0.15, 0.2) is 24.4 Å². The van der Waals surface area contributed by atoms with Gasteiger partial charge in [0.05, 0.1) is 12.5 Å². The van der Waals surface area contributed by atoms with Crippen molar-refractivity contribution in [2.24, 2.45) is 18.9 Å². The summed E-state index contributed by atoms with van der Waals surface area (Å²) in [4.78, 5) is 46.6. The molecule has 0 bridgehead atoms. The topological polar surface area (TPSA) is 118 Å². The quantitative estimate of drug-likeness (QED) is 0.467. The highest BCUT2D eigenvalue weighted by molar-refractivity contribution is 5.88. The molecule has 168 valence electrons. The average Bonchev–Trinajstić information content (AvgIpc) is 2.99. The van der Waals surface area contributed by atoms with Crippen LogP contribution in [0.1, 0.15) is 32.3 Å². The number of halogens is 1. The van der Waals surface area contributed by atoms with Crippen molar-refractivity contribution >= 4 is 35.0 Å². The molecule has 1 heterocycles. The SMILES string of the molecule is CC(C)C(CC(=O)NCCc1cn(C)c2ccc(F)cc12)C(=O)NC(C=O)CC(=O)O. The minimum atomic E-state index is -1.20. The van der Waals surface area contributed by atoms with E-state index in [9.17, 15) is 23.6 Å². The summed E-state index contributed by atoms with van der Waals surface area (Å²) in [6.07, 6.45) is 2.15. The summed E-state index contributed by atoms with van der Waals surface area (Å²) in [6, 6.07) is 3.43. The maximum Gasteiger partial charge on any atom is 0.305 e. The molecule has 0 spiro atoms. The number of carboxylic acids is 1. The third-order valence-corrected chi connectivity index (χ3v) is 5.18. The van der Waals surface area contributed by atoms with E-state index in [2.05, 4.69) is 10.6 Å². The molecule has 0 radical (unpaired) electrons. The van der Waals surface area contributed by atoms with E-state index in [-0.39, 0.29) is 24.1 Å². The Kier molecular flexibility index (Phi) is 8.30. The van der Waals surface area contributed by atoms with Gasteiger partial charge in [-0.15, -0.1) is 0 Å². The number of hydrogen-bond donors (Lipinski definition) is 3. The molecule has 0 aliphatic carbocycles. The smallest absolute Gasteiger partial charge is 0.305 e. The van der Waals surface area contributed by atoms with Crippen LogP contribution in [-0.2, 0) is 32.6 Å². The maximum atomic E-state index is 13.6. The number of aliphatic carboxylic acids is 1. The molecule has 0 aliphatic rings. The lowest BCUT2D eigenvalue weighted by molar-refractivity contribution is -0.139. The molecule has 1 aromatic carbocycles. The summed E-state index contributed by atoms with van der Waals surface area (Å²) >= 11 is 0. The maximum absolute atomic E-state index is 13.6. The predicted octanol–water partition coefficient (Wildman–Crippen LogP) is 1.80. The molecule has 31 heavy (non-hydrogen) atoms. The number of hydrogen-bond acceptors (Lipinski definition) is 4. The number of aldehydes is 1. The summed E-state index contributed by atoms with van der Waals surface area (Å²) in [7, 11) is 1.87. The highest BCUT2D eigenvalue weighted by Crippen LogP contribution is 2.22. The second kappa shape index (κ2) is 10.7. The average molecular weight is 433 g/mol. The Morgan fingerprint density at radius 3 is 2.55 bits per heavy atom. The lowest BCUT2D eigenvalue weighted by atomic mass is 9.91. The van der Waals surface area contributed by atoms with E-state index in [0.29, 0.717) is 19.3 Å². The molecular formula is C22H28FN3O5. The number of nitrogens with zero attached hydrogens (tertiary/aromatic N) is 1. The van der Waals surface area contributed by atoms with Gasteiger partial charge in [0, 0.05) is 43.0 Å². The standard InChI is InChI=1S/C22H28FN3O5/c1-13(2)17(22(31)25-16(12-27)9-21(29)30)10-20(28)24-7-6-14-11-26(3)19-5-4-15(23)8-18(14)19/h4-5,8,11-13,16-17H,6-7,9-10H2,1-3H3,(H,24,28)(H,25,31)(H,29,30). The van der Waals surface area contributed by atoms with Gasteiger partial charge in [-0.1, -0.05) is 13.8 Å². The van der Waals surface area contributed by atoms with Crippen LogP contribution in [0.2, 0.25) is 0 Å². The van der Waals surface area contributed by atoms with Gasteiger partial charge in [0.2, 0.25) is 11.8 Å². The van der Waals surface area contributed by atoms with Gasteiger partial charge >= 0.3 is 5.97 Å². The predicted molar refractivity (Wildman–Crippen MR) is 113 cm³/mol. The second-order valence-electron chi connectivity index (χ2n) is 7.93. The number of carboxylic acid groups (broad SMARTS) is 1. The molecular weight excluding hydrogens is 405 g/mol. The number of carbonyl (C=O) groups is 4.